The van der Waals surface area contributed by atoms with Gasteiger partial charge >= 0.3 is 0 Å². The first-order valence-electron chi connectivity index (χ1n) is 12.4. The van der Waals surface area contributed by atoms with Gasteiger partial charge in [0.2, 0.25) is 0 Å². The van der Waals surface area contributed by atoms with Gasteiger partial charge in [-0.25, -0.2) is 0 Å². The summed E-state index contributed by atoms with van der Waals surface area (Å²) in [6.45, 7) is 8.86. The lowest BCUT2D eigenvalue weighted by Gasteiger charge is -2.33. The van der Waals surface area contributed by atoms with Crippen LogP contribution in [-0.2, 0) is 22.7 Å². The van der Waals surface area contributed by atoms with Crippen LogP contribution in [0, 0.1) is 13.8 Å². The van der Waals surface area contributed by atoms with Crippen molar-refractivity contribution in [3.05, 3.63) is 101 Å². The number of rotatable bonds is 11. The fraction of sp³-hybridized carbons (Fsp3) is 0.400. The van der Waals surface area contributed by atoms with Gasteiger partial charge in [0.05, 0.1) is 32.5 Å². The zero-order valence-corrected chi connectivity index (χ0v) is 20.5. The number of piperidine rings is 1. The van der Waals surface area contributed by atoms with Gasteiger partial charge in [0, 0.05) is 18.9 Å². The first kappa shape index (κ1) is 24.5. The van der Waals surface area contributed by atoms with Gasteiger partial charge in [-0.3, -0.25) is 0 Å². The van der Waals surface area contributed by atoms with E-state index in [0.717, 1.165) is 31.7 Å². The maximum absolute atomic E-state index is 6.43. The van der Waals surface area contributed by atoms with E-state index in [0.29, 0.717) is 32.3 Å². The molecule has 4 nitrogen and oxygen atoms in total. The Kier molecular flexibility index (Phi) is 9.14. The minimum Gasteiger partial charge on any atom is -0.494 e. The Labute approximate surface area is 204 Å². The molecule has 3 aromatic rings. The van der Waals surface area contributed by atoms with Gasteiger partial charge in [0.15, 0.2) is 0 Å². The van der Waals surface area contributed by atoms with Crippen LogP contribution in [-0.4, -0.2) is 32.4 Å². The summed E-state index contributed by atoms with van der Waals surface area (Å²) in [6.07, 6.45) is 2.12. The highest BCUT2D eigenvalue weighted by Crippen LogP contribution is 2.30. The number of nitrogens with one attached hydrogen (secondary N) is 1. The maximum atomic E-state index is 6.43. The Morgan fingerprint density at radius 2 is 1.71 bits per heavy atom. The van der Waals surface area contributed by atoms with Crippen LogP contribution in [0.15, 0.2) is 72.8 Å². The highest BCUT2D eigenvalue weighted by Gasteiger charge is 2.27. The lowest BCUT2D eigenvalue weighted by molar-refractivity contribution is 0.0104. The lowest BCUT2D eigenvalue weighted by atomic mass is 9.87. The fourth-order valence-corrected chi connectivity index (χ4v) is 4.47. The highest BCUT2D eigenvalue weighted by atomic mass is 16.5. The summed E-state index contributed by atoms with van der Waals surface area (Å²) in [7, 11) is 0. The molecule has 1 fully saturated rings. The van der Waals surface area contributed by atoms with Crippen molar-refractivity contribution in [3.8, 4) is 5.75 Å². The zero-order valence-electron chi connectivity index (χ0n) is 20.5. The van der Waals surface area contributed by atoms with E-state index >= 15 is 0 Å². The van der Waals surface area contributed by atoms with Crippen LogP contribution in [0.3, 0.4) is 0 Å². The Balaban J connectivity index is 1.23. The number of aryl methyl sites for hydroxylation is 2. The van der Waals surface area contributed by atoms with Crippen LogP contribution in [0.1, 0.15) is 46.6 Å². The average Bonchev–Trinajstić information content (AvgIpc) is 2.88. The van der Waals surface area contributed by atoms with Crippen LogP contribution >= 0.6 is 0 Å². The largest absolute Gasteiger partial charge is 0.494 e. The molecule has 0 radical (unpaired) electrons. The molecule has 34 heavy (non-hydrogen) atoms. The molecule has 0 saturated carbocycles. The minimum absolute atomic E-state index is 0.169. The predicted molar refractivity (Wildman–Crippen MR) is 137 cm³/mol. The van der Waals surface area contributed by atoms with E-state index in [-0.39, 0.29) is 6.10 Å². The van der Waals surface area contributed by atoms with Crippen LogP contribution < -0.4 is 10.1 Å². The molecular weight excluding hydrogens is 422 g/mol. The van der Waals surface area contributed by atoms with Crippen molar-refractivity contribution < 1.29 is 14.2 Å². The second-order valence-corrected chi connectivity index (χ2v) is 9.19. The summed E-state index contributed by atoms with van der Waals surface area (Å²) >= 11 is 0. The summed E-state index contributed by atoms with van der Waals surface area (Å²) in [5.41, 5.74) is 6.37. The maximum Gasteiger partial charge on any atom is 0.119 e. The summed E-state index contributed by atoms with van der Waals surface area (Å²) in [6, 6.07) is 25.4. The van der Waals surface area contributed by atoms with Gasteiger partial charge < -0.3 is 19.5 Å². The monoisotopic (exact) mass is 459 g/mol. The van der Waals surface area contributed by atoms with Crippen molar-refractivity contribution in [1.29, 1.82) is 0 Å². The van der Waals surface area contributed by atoms with Gasteiger partial charge in [0.1, 0.15) is 5.75 Å². The SMILES string of the molecule is Cc1ccc(C)c(COC2CNCCC2c2ccc(OCCCOCc3ccccc3)cc2)c1. The molecule has 3 aromatic carbocycles. The molecular formula is C30H37NO3. The molecule has 1 N–H and O–H groups in total. The number of benzene rings is 3. The van der Waals surface area contributed by atoms with Gasteiger partial charge in [-0.2, -0.15) is 0 Å². The van der Waals surface area contributed by atoms with Crippen molar-refractivity contribution in [2.24, 2.45) is 0 Å². The van der Waals surface area contributed by atoms with Crippen LogP contribution in [0.4, 0.5) is 0 Å². The molecule has 4 heteroatoms. The molecule has 1 aliphatic heterocycles. The van der Waals surface area contributed by atoms with E-state index in [1.807, 2.05) is 18.2 Å². The van der Waals surface area contributed by atoms with Crippen molar-refractivity contribution in [2.45, 2.75) is 51.9 Å². The molecule has 0 aromatic heterocycles. The number of hydrogen-bond donors (Lipinski definition) is 1. The predicted octanol–water partition coefficient (Wildman–Crippen LogP) is 5.95. The minimum atomic E-state index is 0.169. The summed E-state index contributed by atoms with van der Waals surface area (Å²) < 4.78 is 18.1. The standard InChI is InChI=1S/C30H37NO3/c1-23-9-10-24(2)27(19-23)22-34-30-20-31-16-15-29(30)26-11-13-28(14-12-26)33-18-6-17-32-21-25-7-4-3-5-8-25/h3-5,7-14,19,29-31H,6,15-18,20-22H2,1-2H3. The third-order valence-corrected chi connectivity index (χ3v) is 6.51. The molecule has 0 amide bonds. The van der Waals surface area contributed by atoms with Gasteiger partial charge in [-0.1, -0.05) is 66.2 Å². The Bertz CT molecular complexity index is 1000. The smallest absolute Gasteiger partial charge is 0.119 e. The summed E-state index contributed by atoms with van der Waals surface area (Å²) in [5, 5.41) is 3.50. The van der Waals surface area contributed by atoms with Crippen molar-refractivity contribution in [1.82, 2.24) is 5.32 Å². The van der Waals surface area contributed by atoms with Gasteiger partial charge in [-0.15, -0.1) is 0 Å². The zero-order chi connectivity index (χ0) is 23.6. The van der Waals surface area contributed by atoms with E-state index in [2.05, 4.69) is 73.8 Å². The summed E-state index contributed by atoms with van der Waals surface area (Å²) in [5.74, 6) is 1.31. The molecule has 2 unspecified atom stereocenters. The topological polar surface area (TPSA) is 39.7 Å². The van der Waals surface area contributed by atoms with Gasteiger partial charge in [0.25, 0.3) is 0 Å². The Hall–Kier alpha value is -2.66. The fourth-order valence-electron chi connectivity index (χ4n) is 4.47. The second-order valence-electron chi connectivity index (χ2n) is 9.19. The first-order chi connectivity index (χ1) is 16.7. The van der Waals surface area contributed by atoms with Crippen LogP contribution in [0.5, 0.6) is 5.75 Å². The number of hydrogen-bond acceptors (Lipinski definition) is 4. The molecule has 1 heterocycles. The molecule has 0 aliphatic carbocycles. The average molecular weight is 460 g/mol. The lowest BCUT2D eigenvalue weighted by Crippen LogP contribution is -2.41. The molecule has 4 rings (SSSR count). The third-order valence-electron chi connectivity index (χ3n) is 6.51. The normalized spacial score (nSPS) is 18.1. The molecule has 0 bridgehead atoms. The molecule has 0 spiro atoms. The number of ether oxygens (including phenoxy) is 3. The van der Waals surface area contributed by atoms with Crippen LogP contribution in [0.25, 0.3) is 0 Å². The molecule has 1 aliphatic rings. The molecule has 180 valence electrons. The first-order valence-corrected chi connectivity index (χ1v) is 12.4. The third kappa shape index (κ3) is 7.17. The van der Waals surface area contributed by atoms with Crippen molar-refractivity contribution in [2.75, 3.05) is 26.3 Å². The van der Waals surface area contributed by atoms with Crippen molar-refractivity contribution >= 4 is 0 Å². The quantitative estimate of drug-likeness (QED) is 0.360. The van der Waals surface area contributed by atoms with E-state index in [4.69, 9.17) is 14.2 Å². The Morgan fingerprint density at radius 1 is 0.882 bits per heavy atom. The van der Waals surface area contributed by atoms with E-state index in [9.17, 15) is 0 Å². The second kappa shape index (κ2) is 12.7. The molecule has 1 saturated heterocycles. The van der Waals surface area contributed by atoms with E-state index in [1.54, 1.807) is 0 Å². The van der Waals surface area contributed by atoms with Gasteiger partial charge in [-0.05, 0) is 61.2 Å². The van der Waals surface area contributed by atoms with E-state index < -0.39 is 0 Å². The Morgan fingerprint density at radius 3 is 2.53 bits per heavy atom. The van der Waals surface area contributed by atoms with Crippen molar-refractivity contribution in [3.63, 3.8) is 0 Å². The van der Waals surface area contributed by atoms with Crippen LogP contribution in [0.2, 0.25) is 0 Å². The van der Waals surface area contributed by atoms with E-state index in [1.165, 1.54) is 27.8 Å². The summed E-state index contributed by atoms with van der Waals surface area (Å²) in [4.78, 5) is 0. The molecule has 2 atom stereocenters. The highest BCUT2D eigenvalue weighted by molar-refractivity contribution is 5.31.